The SMILES string of the molecule is CCOC(=O)/C=C(\N)C(=O)[O-].[K+]. The van der Waals surface area contributed by atoms with Crippen molar-refractivity contribution in [2.24, 2.45) is 5.73 Å². The van der Waals surface area contributed by atoms with Crippen LogP contribution in [0.25, 0.3) is 0 Å². The molecule has 0 rings (SSSR count). The van der Waals surface area contributed by atoms with E-state index in [0.717, 1.165) is 0 Å². The van der Waals surface area contributed by atoms with Gasteiger partial charge in [-0.25, -0.2) is 4.79 Å². The molecule has 0 aromatic carbocycles. The van der Waals surface area contributed by atoms with E-state index in [4.69, 9.17) is 5.73 Å². The minimum Gasteiger partial charge on any atom is -0.543 e. The molecule has 0 radical (unpaired) electrons. The second-order valence-corrected chi connectivity index (χ2v) is 1.64. The third-order valence-corrected chi connectivity index (χ3v) is 0.796. The van der Waals surface area contributed by atoms with Crippen LogP contribution >= 0.6 is 0 Å². The van der Waals surface area contributed by atoms with Crippen molar-refractivity contribution in [3.05, 3.63) is 11.8 Å². The summed E-state index contributed by atoms with van der Waals surface area (Å²) in [4.78, 5) is 20.4. The quantitative estimate of drug-likeness (QED) is 0.278. The van der Waals surface area contributed by atoms with Gasteiger partial charge >= 0.3 is 57.4 Å². The van der Waals surface area contributed by atoms with E-state index in [1.165, 1.54) is 0 Å². The average Bonchev–Trinajstić information content (AvgIpc) is 1.87. The first-order chi connectivity index (χ1) is 5.07. The van der Waals surface area contributed by atoms with E-state index in [9.17, 15) is 14.7 Å². The number of esters is 1. The summed E-state index contributed by atoms with van der Waals surface area (Å²) in [5.74, 6) is -2.37. The van der Waals surface area contributed by atoms with Crippen LogP contribution in [0.5, 0.6) is 0 Å². The number of nitrogens with two attached hydrogens (primary N) is 1. The van der Waals surface area contributed by atoms with Gasteiger partial charge < -0.3 is 20.4 Å². The molecule has 0 spiro atoms. The van der Waals surface area contributed by atoms with Gasteiger partial charge in [0.15, 0.2) is 0 Å². The topological polar surface area (TPSA) is 92.5 Å². The third-order valence-electron chi connectivity index (χ3n) is 0.796. The fourth-order valence-corrected chi connectivity index (χ4v) is 0.370. The van der Waals surface area contributed by atoms with Gasteiger partial charge in [-0.15, -0.1) is 0 Å². The Morgan fingerprint density at radius 3 is 2.42 bits per heavy atom. The van der Waals surface area contributed by atoms with Crippen LogP contribution in [-0.4, -0.2) is 18.5 Å². The number of carboxylic acid groups (broad SMARTS) is 1. The van der Waals surface area contributed by atoms with Crippen LogP contribution < -0.4 is 62.2 Å². The predicted molar refractivity (Wildman–Crippen MR) is 33.9 cm³/mol. The molecule has 2 N–H and O–H groups in total. The molecule has 0 bridgehead atoms. The molecule has 0 heterocycles. The molecule has 6 heteroatoms. The minimum atomic E-state index is -1.59. The summed E-state index contributed by atoms with van der Waals surface area (Å²) in [7, 11) is 0. The van der Waals surface area contributed by atoms with Crippen molar-refractivity contribution in [3.63, 3.8) is 0 Å². The smallest absolute Gasteiger partial charge is 0.543 e. The van der Waals surface area contributed by atoms with E-state index < -0.39 is 17.6 Å². The van der Waals surface area contributed by atoms with Crippen LogP contribution in [0.15, 0.2) is 11.8 Å². The third kappa shape index (κ3) is 6.80. The number of carbonyl (C=O) groups excluding carboxylic acids is 2. The second-order valence-electron chi connectivity index (χ2n) is 1.64. The summed E-state index contributed by atoms with van der Waals surface area (Å²) in [6, 6.07) is 0. The van der Waals surface area contributed by atoms with Crippen molar-refractivity contribution in [1.29, 1.82) is 0 Å². The van der Waals surface area contributed by atoms with Gasteiger partial charge in [-0.1, -0.05) is 0 Å². The number of carbonyl (C=O) groups is 2. The zero-order valence-corrected chi connectivity index (χ0v) is 10.1. The maximum Gasteiger partial charge on any atom is 1.00 e. The zero-order chi connectivity index (χ0) is 8.85. The van der Waals surface area contributed by atoms with E-state index in [0.29, 0.717) is 6.08 Å². The minimum absolute atomic E-state index is 0. The zero-order valence-electron chi connectivity index (χ0n) is 6.99. The molecule has 0 aromatic rings. The average molecular weight is 197 g/mol. The summed E-state index contributed by atoms with van der Waals surface area (Å²) in [6.45, 7) is 1.77. The van der Waals surface area contributed by atoms with Crippen LogP contribution in [0.4, 0.5) is 0 Å². The standard InChI is InChI=1S/C6H9NO4.K/c1-2-11-5(8)3-4(7)6(9)10;/h3H,2,7H2,1H3,(H,9,10);/q;+1/p-1/b4-3-;. The molecule has 0 atom stereocenters. The molecule has 0 saturated heterocycles. The Labute approximate surface area is 112 Å². The van der Waals surface area contributed by atoms with E-state index in [2.05, 4.69) is 4.74 Å². The van der Waals surface area contributed by atoms with Gasteiger partial charge in [-0.2, -0.15) is 0 Å². The van der Waals surface area contributed by atoms with Crippen molar-refractivity contribution in [3.8, 4) is 0 Å². The van der Waals surface area contributed by atoms with Crippen molar-refractivity contribution in [1.82, 2.24) is 0 Å². The largest absolute Gasteiger partial charge is 1.00 e. The number of aliphatic carboxylic acids is 1. The first kappa shape index (κ1) is 14.6. The maximum atomic E-state index is 10.5. The summed E-state index contributed by atoms with van der Waals surface area (Å²) < 4.78 is 4.38. The van der Waals surface area contributed by atoms with Crippen molar-refractivity contribution < 1.29 is 70.8 Å². The predicted octanol–water partition coefficient (Wildman–Crippen LogP) is -4.85. The summed E-state index contributed by atoms with van der Waals surface area (Å²) >= 11 is 0. The number of carboxylic acids is 1. The molecule has 0 unspecified atom stereocenters. The van der Waals surface area contributed by atoms with E-state index in [1.54, 1.807) is 6.92 Å². The molecule has 0 aliphatic carbocycles. The normalized spacial score (nSPS) is 9.92. The molecule has 0 amide bonds. The van der Waals surface area contributed by atoms with E-state index in [1.807, 2.05) is 0 Å². The van der Waals surface area contributed by atoms with Crippen LogP contribution in [-0.2, 0) is 14.3 Å². The number of hydrogen-bond donors (Lipinski definition) is 1. The molecule has 0 fully saturated rings. The van der Waals surface area contributed by atoms with Gasteiger partial charge in [-0.05, 0) is 6.92 Å². The first-order valence-electron chi connectivity index (χ1n) is 2.93. The summed E-state index contributed by atoms with van der Waals surface area (Å²) in [5, 5.41) is 9.93. The molecular weight excluding hydrogens is 189 g/mol. The van der Waals surface area contributed by atoms with E-state index >= 15 is 0 Å². The monoisotopic (exact) mass is 197 g/mol. The molecule has 0 saturated carbocycles. The fourth-order valence-electron chi connectivity index (χ4n) is 0.370. The Kier molecular flexibility index (Phi) is 9.45. The Bertz CT molecular complexity index is 202. The van der Waals surface area contributed by atoms with Gasteiger partial charge in [0, 0.05) is 6.08 Å². The molecule has 62 valence electrons. The van der Waals surface area contributed by atoms with Crippen molar-refractivity contribution >= 4 is 11.9 Å². The molecular formula is C6H8KNO4. The van der Waals surface area contributed by atoms with Crippen molar-refractivity contribution in [2.75, 3.05) is 6.61 Å². The number of hydrogen-bond acceptors (Lipinski definition) is 5. The maximum absolute atomic E-state index is 10.5. The number of ether oxygens (including phenoxy) is 1. The summed E-state index contributed by atoms with van der Waals surface area (Å²) in [5.41, 5.74) is 4.21. The molecule has 0 aliphatic heterocycles. The van der Waals surface area contributed by atoms with Gasteiger partial charge in [0.05, 0.1) is 18.3 Å². The van der Waals surface area contributed by atoms with Crippen LogP contribution in [0.2, 0.25) is 0 Å². The van der Waals surface area contributed by atoms with Gasteiger partial charge in [-0.3, -0.25) is 0 Å². The Hall–Kier alpha value is 0.116. The second kappa shape index (κ2) is 7.75. The summed E-state index contributed by atoms with van der Waals surface area (Å²) in [6.07, 6.45) is 0.666. The molecule has 12 heavy (non-hydrogen) atoms. The van der Waals surface area contributed by atoms with E-state index in [-0.39, 0.29) is 58.0 Å². The molecule has 0 aliphatic rings. The Morgan fingerprint density at radius 1 is 1.58 bits per heavy atom. The molecule has 5 nitrogen and oxygen atoms in total. The van der Waals surface area contributed by atoms with Crippen LogP contribution in [0.1, 0.15) is 6.92 Å². The van der Waals surface area contributed by atoms with Gasteiger partial charge in [0.1, 0.15) is 0 Å². The first-order valence-corrected chi connectivity index (χ1v) is 2.93. The van der Waals surface area contributed by atoms with Crippen LogP contribution in [0.3, 0.4) is 0 Å². The van der Waals surface area contributed by atoms with Crippen molar-refractivity contribution in [2.45, 2.75) is 6.92 Å². The van der Waals surface area contributed by atoms with Crippen LogP contribution in [0, 0.1) is 0 Å². The van der Waals surface area contributed by atoms with Gasteiger partial charge in [0.2, 0.25) is 0 Å². The Balaban J connectivity index is 0. The Morgan fingerprint density at radius 2 is 2.08 bits per heavy atom. The molecule has 0 aromatic heterocycles. The number of rotatable bonds is 3. The van der Waals surface area contributed by atoms with Gasteiger partial charge in [0.25, 0.3) is 0 Å². The fraction of sp³-hybridized carbons (Fsp3) is 0.333.